The molecule has 170 valence electrons. The maximum atomic E-state index is 12.9. The van der Waals surface area contributed by atoms with Crippen molar-refractivity contribution in [2.45, 2.75) is 81.2 Å². The second kappa shape index (κ2) is 11.3. The van der Waals surface area contributed by atoms with Crippen LogP contribution in [0.5, 0.6) is 0 Å². The molecule has 0 saturated heterocycles. The summed E-state index contributed by atoms with van der Waals surface area (Å²) >= 11 is 0. The Morgan fingerprint density at radius 1 is 0.871 bits per heavy atom. The number of allylic oxidation sites excluding steroid dienone is 1. The van der Waals surface area contributed by atoms with Gasteiger partial charge < -0.3 is 10.1 Å². The molecule has 0 spiro atoms. The number of amides is 1. The summed E-state index contributed by atoms with van der Waals surface area (Å²) in [6, 6.07) is 8.96. The van der Waals surface area contributed by atoms with E-state index >= 15 is 0 Å². The summed E-state index contributed by atoms with van der Waals surface area (Å²) in [6.07, 6.45) is 0.750. The number of nitrogens with one attached hydrogen (secondary N) is 1. The highest BCUT2D eigenvalue weighted by molar-refractivity contribution is 6.08. The zero-order valence-corrected chi connectivity index (χ0v) is 20.8. The van der Waals surface area contributed by atoms with Crippen LogP contribution in [-0.2, 0) is 19.1 Å². The average Bonchev–Trinajstić information content (AvgIpc) is 2.67. The number of esters is 1. The predicted molar refractivity (Wildman–Crippen MR) is 128 cm³/mol. The first-order valence-electron chi connectivity index (χ1n) is 10.5. The number of para-hydroxylation sites is 1. The van der Waals surface area contributed by atoms with Gasteiger partial charge >= 0.3 is 5.97 Å². The molecule has 0 aliphatic rings. The Morgan fingerprint density at radius 2 is 1.32 bits per heavy atom. The molecule has 1 amide bonds. The summed E-state index contributed by atoms with van der Waals surface area (Å²) in [5, 5.41) is 2.74. The summed E-state index contributed by atoms with van der Waals surface area (Å²) in [6.45, 7) is 17.5. The molecule has 1 rings (SSSR count). The molecule has 0 unspecified atom stereocenters. The normalized spacial score (nSPS) is 12.7. The Bertz CT molecular complexity index is 808. The van der Waals surface area contributed by atoms with Gasteiger partial charge in [0.2, 0.25) is 5.91 Å². The molecule has 1 N–H and O–H groups in total. The van der Waals surface area contributed by atoms with Crippen LogP contribution in [0.1, 0.15) is 69.2 Å². The number of carbonyl (C=O) groups is 3. The minimum Gasteiger partial charge on any atom is -0.454 e. The third-order valence-electron chi connectivity index (χ3n) is 5.74. The van der Waals surface area contributed by atoms with Gasteiger partial charge in [0.1, 0.15) is 16.8 Å². The fraction of sp³-hybridized carbons (Fsp3) is 0.560. The van der Waals surface area contributed by atoms with Gasteiger partial charge in [-0.25, -0.2) is 0 Å². The largest absolute Gasteiger partial charge is 0.454 e. The van der Waals surface area contributed by atoms with Crippen molar-refractivity contribution in [3.8, 4) is 0 Å². The van der Waals surface area contributed by atoms with Crippen molar-refractivity contribution in [3.05, 3.63) is 41.5 Å². The number of anilines is 1. The number of rotatable bonds is 7. The van der Waals surface area contributed by atoms with Gasteiger partial charge in [0, 0.05) is 11.1 Å². The van der Waals surface area contributed by atoms with E-state index in [0.29, 0.717) is 5.69 Å². The molecule has 0 fully saturated rings. The van der Waals surface area contributed by atoms with Crippen molar-refractivity contribution in [2.75, 3.05) is 5.32 Å². The van der Waals surface area contributed by atoms with E-state index in [1.807, 2.05) is 40.7 Å². The highest BCUT2D eigenvalue weighted by Gasteiger charge is 2.42. The van der Waals surface area contributed by atoms with Crippen LogP contribution in [0.15, 0.2) is 41.5 Å². The molecule has 1 aromatic carbocycles. The van der Waals surface area contributed by atoms with E-state index in [2.05, 4.69) is 5.32 Å². The van der Waals surface area contributed by atoms with Crippen LogP contribution in [0, 0.1) is 10.8 Å². The fourth-order valence-electron chi connectivity index (χ4n) is 2.52. The third-order valence-corrected chi connectivity index (χ3v) is 5.74. The lowest BCUT2D eigenvalue weighted by molar-refractivity contribution is -0.166. The van der Waals surface area contributed by atoms with Crippen LogP contribution in [0.4, 0.5) is 5.69 Å². The standard InChI is InChI=1S/C23H33NO4.C2H5B/c1-15(21(4,5)17(3)25)16(2)23(8,9)28-20(27)22(6,7)19(26)24-18-13-11-10-12-14-18;1-2-3/h10-14H,1-9H3,(H,24,26);2H2,1H3/b16-15-;. The van der Waals surface area contributed by atoms with Gasteiger partial charge in [-0.2, -0.15) is 0 Å². The first-order chi connectivity index (χ1) is 14.0. The van der Waals surface area contributed by atoms with Gasteiger partial charge in [-0.3, -0.25) is 14.4 Å². The quantitative estimate of drug-likeness (QED) is 0.269. The molecule has 31 heavy (non-hydrogen) atoms. The maximum absolute atomic E-state index is 12.9. The molecule has 5 nitrogen and oxygen atoms in total. The fourth-order valence-corrected chi connectivity index (χ4v) is 2.52. The minimum absolute atomic E-state index is 0.0362. The van der Waals surface area contributed by atoms with Crippen molar-refractivity contribution in [1.29, 1.82) is 0 Å². The van der Waals surface area contributed by atoms with Crippen LogP contribution in [-0.4, -0.2) is 31.1 Å². The monoisotopic (exact) mass is 427 g/mol. The number of benzene rings is 1. The molecule has 0 aromatic heterocycles. The van der Waals surface area contributed by atoms with E-state index in [1.165, 1.54) is 13.8 Å². The zero-order chi connectivity index (χ0) is 24.6. The molecule has 6 heteroatoms. The number of hydrogen-bond acceptors (Lipinski definition) is 4. The molecule has 1 aromatic rings. The molecule has 0 heterocycles. The van der Waals surface area contributed by atoms with Crippen molar-refractivity contribution >= 4 is 31.2 Å². The van der Waals surface area contributed by atoms with Gasteiger partial charge in [-0.15, -0.1) is 0 Å². The predicted octanol–water partition coefficient (Wildman–Crippen LogP) is 5.52. The second-order valence-electron chi connectivity index (χ2n) is 9.18. The molecular formula is C25H38BNO4. The highest BCUT2D eigenvalue weighted by Crippen LogP contribution is 2.36. The zero-order valence-electron chi connectivity index (χ0n) is 20.8. The van der Waals surface area contributed by atoms with Gasteiger partial charge in [-0.1, -0.05) is 37.0 Å². The van der Waals surface area contributed by atoms with Crippen LogP contribution in [0.25, 0.3) is 0 Å². The topological polar surface area (TPSA) is 72.5 Å². The number of hydrogen-bond donors (Lipinski definition) is 1. The number of ether oxygens (including phenoxy) is 1. The Balaban J connectivity index is 0.00000282. The molecule has 0 aliphatic heterocycles. The lowest BCUT2D eigenvalue weighted by Gasteiger charge is -2.35. The minimum atomic E-state index is -1.38. The second-order valence-corrected chi connectivity index (χ2v) is 9.18. The Hall–Kier alpha value is -2.37. The van der Waals surface area contributed by atoms with Crippen LogP contribution >= 0.6 is 0 Å². The summed E-state index contributed by atoms with van der Waals surface area (Å²) in [4.78, 5) is 37.5. The highest BCUT2D eigenvalue weighted by atomic mass is 16.6. The summed E-state index contributed by atoms with van der Waals surface area (Å²) in [5.41, 5.74) is -0.740. The smallest absolute Gasteiger partial charge is 0.321 e. The molecule has 0 aliphatic carbocycles. The Morgan fingerprint density at radius 3 is 1.74 bits per heavy atom. The van der Waals surface area contributed by atoms with E-state index in [0.717, 1.165) is 17.5 Å². The van der Waals surface area contributed by atoms with Gasteiger partial charge in [0.25, 0.3) is 0 Å². The molecule has 0 saturated carbocycles. The van der Waals surface area contributed by atoms with Gasteiger partial charge in [0.15, 0.2) is 0 Å². The average molecular weight is 427 g/mol. The van der Waals surface area contributed by atoms with Crippen molar-refractivity contribution < 1.29 is 19.1 Å². The first-order valence-corrected chi connectivity index (χ1v) is 10.5. The summed E-state index contributed by atoms with van der Waals surface area (Å²) in [5.74, 6) is -1.03. The van der Waals surface area contributed by atoms with E-state index in [1.54, 1.807) is 45.0 Å². The Kier molecular flexibility index (Phi) is 10.4. The van der Waals surface area contributed by atoms with Crippen LogP contribution < -0.4 is 5.32 Å². The third kappa shape index (κ3) is 7.68. The number of carbonyl (C=O) groups excluding carboxylic acids is 3. The SMILES string of the molecule is CC(=O)C(C)(C)/C(C)=C(/C)C(C)(C)OC(=O)C(C)(C)C(=O)Nc1ccccc1.[B]CC. The van der Waals surface area contributed by atoms with Crippen molar-refractivity contribution in [3.63, 3.8) is 0 Å². The molecule has 2 radical (unpaired) electrons. The van der Waals surface area contributed by atoms with Crippen LogP contribution in [0.3, 0.4) is 0 Å². The lowest BCUT2D eigenvalue weighted by Crippen LogP contribution is -2.44. The van der Waals surface area contributed by atoms with Crippen molar-refractivity contribution in [2.24, 2.45) is 10.8 Å². The number of Topliss-reactive ketones (excluding diaryl/α,β-unsaturated/α-hetero) is 1. The molecule has 0 bridgehead atoms. The molecule has 0 atom stereocenters. The summed E-state index contributed by atoms with van der Waals surface area (Å²) < 4.78 is 5.75. The van der Waals surface area contributed by atoms with Gasteiger partial charge in [0.05, 0.1) is 7.85 Å². The lowest BCUT2D eigenvalue weighted by atomic mass is 9.76. The van der Waals surface area contributed by atoms with E-state index in [-0.39, 0.29) is 5.78 Å². The Labute approximate surface area is 189 Å². The van der Waals surface area contributed by atoms with E-state index in [4.69, 9.17) is 12.6 Å². The number of ketones is 1. The van der Waals surface area contributed by atoms with Crippen LogP contribution in [0.2, 0.25) is 6.32 Å². The van der Waals surface area contributed by atoms with E-state index in [9.17, 15) is 14.4 Å². The molecular weight excluding hydrogens is 389 g/mol. The summed E-state index contributed by atoms with van der Waals surface area (Å²) in [7, 11) is 4.85. The van der Waals surface area contributed by atoms with E-state index < -0.39 is 28.3 Å². The first kappa shape index (κ1) is 28.6. The van der Waals surface area contributed by atoms with Gasteiger partial charge in [-0.05, 0) is 80.0 Å². The van der Waals surface area contributed by atoms with Crippen molar-refractivity contribution in [1.82, 2.24) is 0 Å². The maximum Gasteiger partial charge on any atom is 0.321 e.